The number of halogens is 1. The van der Waals surface area contributed by atoms with Crippen molar-refractivity contribution < 1.29 is 14.3 Å². The molecule has 0 spiro atoms. The summed E-state index contributed by atoms with van der Waals surface area (Å²) in [6.45, 7) is 1.95. The fraction of sp³-hybridized carbons (Fsp3) is 0.278. The average Bonchev–Trinajstić information content (AvgIpc) is 2.59. The normalized spacial score (nSPS) is 11.7. The van der Waals surface area contributed by atoms with E-state index in [1.165, 1.54) is 7.11 Å². The van der Waals surface area contributed by atoms with E-state index < -0.39 is 0 Å². The zero-order valence-electron chi connectivity index (χ0n) is 13.7. The number of para-hydroxylation sites is 1. The minimum atomic E-state index is -0.165. The van der Waals surface area contributed by atoms with Crippen LogP contribution in [-0.2, 0) is 0 Å². The minimum Gasteiger partial charge on any atom is -0.496 e. The summed E-state index contributed by atoms with van der Waals surface area (Å²) in [5.41, 5.74) is 1.37. The van der Waals surface area contributed by atoms with Crippen molar-refractivity contribution in [2.24, 2.45) is 0 Å². The molecule has 2 aromatic rings. The van der Waals surface area contributed by atoms with Crippen LogP contribution in [-0.4, -0.2) is 32.1 Å². The SMILES string of the molecule is COc1ccc(Cl)cc1C(=O)N(C)C(C)c1ccccc1OC. The summed E-state index contributed by atoms with van der Waals surface area (Å²) < 4.78 is 10.7. The molecule has 0 aliphatic carbocycles. The zero-order valence-corrected chi connectivity index (χ0v) is 14.4. The maximum Gasteiger partial charge on any atom is 0.257 e. The number of carbonyl (C=O) groups excluding carboxylic acids is 1. The monoisotopic (exact) mass is 333 g/mol. The Kier molecular flexibility index (Phi) is 5.50. The maximum atomic E-state index is 12.8. The quantitative estimate of drug-likeness (QED) is 0.823. The Hall–Kier alpha value is -2.20. The minimum absolute atomic E-state index is 0.164. The summed E-state index contributed by atoms with van der Waals surface area (Å²) in [5.74, 6) is 1.08. The van der Waals surface area contributed by atoms with Gasteiger partial charge in [0.25, 0.3) is 5.91 Å². The molecular formula is C18H20ClNO3. The van der Waals surface area contributed by atoms with E-state index in [1.807, 2.05) is 31.2 Å². The van der Waals surface area contributed by atoms with Gasteiger partial charge in [-0.05, 0) is 31.2 Å². The Morgan fingerprint density at radius 2 is 1.74 bits per heavy atom. The molecule has 0 aliphatic rings. The Morgan fingerprint density at radius 1 is 1.09 bits per heavy atom. The van der Waals surface area contributed by atoms with Gasteiger partial charge >= 0.3 is 0 Å². The lowest BCUT2D eigenvalue weighted by molar-refractivity contribution is 0.0737. The Labute approximate surface area is 141 Å². The van der Waals surface area contributed by atoms with Crippen LogP contribution in [0.25, 0.3) is 0 Å². The van der Waals surface area contributed by atoms with Crippen molar-refractivity contribution in [3.8, 4) is 11.5 Å². The predicted molar refractivity (Wildman–Crippen MR) is 91.5 cm³/mol. The molecular weight excluding hydrogens is 314 g/mol. The lowest BCUT2D eigenvalue weighted by Crippen LogP contribution is -2.30. The first-order valence-electron chi connectivity index (χ1n) is 7.23. The molecule has 0 aliphatic heterocycles. The van der Waals surface area contributed by atoms with Gasteiger partial charge in [-0.15, -0.1) is 0 Å². The van der Waals surface area contributed by atoms with Gasteiger partial charge in [-0.3, -0.25) is 4.79 Å². The molecule has 1 unspecified atom stereocenters. The van der Waals surface area contributed by atoms with E-state index in [9.17, 15) is 4.79 Å². The third-order valence-electron chi connectivity index (χ3n) is 3.88. The van der Waals surface area contributed by atoms with Gasteiger partial charge in [0, 0.05) is 17.6 Å². The molecule has 23 heavy (non-hydrogen) atoms. The van der Waals surface area contributed by atoms with Crippen LogP contribution in [0, 0.1) is 0 Å². The molecule has 0 saturated carbocycles. The summed E-state index contributed by atoms with van der Waals surface area (Å²) in [4.78, 5) is 14.5. The molecule has 0 aromatic heterocycles. The number of ether oxygens (including phenoxy) is 2. The molecule has 5 heteroatoms. The molecule has 0 N–H and O–H groups in total. The first kappa shape index (κ1) is 17.2. The number of benzene rings is 2. The topological polar surface area (TPSA) is 38.8 Å². The molecule has 4 nitrogen and oxygen atoms in total. The van der Waals surface area contributed by atoms with E-state index in [-0.39, 0.29) is 11.9 Å². The van der Waals surface area contributed by atoms with Crippen molar-refractivity contribution in [1.29, 1.82) is 0 Å². The van der Waals surface area contributed by atoms with Gasteiger partial charge in [0.2, 0.25) is 0 Å². The molecule has 0 radical (unpaired) electrons. The van der Waals surface area contributed by atoms with E-state index in [1.54, 1.807) is 37.3 Å². The molecule has 122 valence electrons. The second-order valence-electron chi connectivity index (χ2n) is 5.18. The van der Waals surface area contributed by atoms with Crippen molar-refractivity contribution in [3.05, 3.63) is 58.6 Å². The van der Waals surface area contributed by atoms with Crippen LogP contribution in [0.1, 0.15) is 28.9 Å². The van der Waals surface area contributed by atoms with Crippen LogP contribution in [0.4, 0.5) is 0 Å². The van der Waals surface area contributed by atoms with E-state index in [4.69, 9.17) is 21.1 Å². The fourth-order valence-electron chi connectivity index (χ4n) is 2.43. The number of carbonyl (C=O) groups is 1. The van der Waals surface area contributed by atoms with E-state index in [2.05, 4.69) is 0 Å². The van der Waals surface area contributed by atoms with Gasteiger partial charge in [-0.2, -0.15) is 0 Å². The third kappa shape index (κ3) is 3.59. The zero-order chi connectivity index (χ0) is 17.0. The van der Waals surface area contributed by atoms with Gasteiger partial charge in [0.1, 0.15) is 11.5 Å². The molecule has 0 saturated heterocycles. The van der Waals surface area contributed by atoms with Crippen molar-refractivity contribution in [2.75, 3.05) is 21.3 Å². The van der Waals surface area contributed by atoms with Crippen molar-refractivity contribution in [3.63, 3.8) is 0 Å². The van der Waals surface area contributed by atoms with Gasteiger partial charge < -0.3 is 14.4 Å². The smallest absolute Gasteiger partial charge is 0.257 e. The van der Waals surface area contributed by atoms with Gasteiger partial charge in [-0.1, -0.05) is 29.8 Å². The van der Waals surface area contributed by atoms with Crippen LogP contribution < -0.4 is 9.47 Å². The average molecular weight is 334 g/mol. The molecule has 0 bridgehead atoms. The summed E-state index contributed by atoms with van der Waals surface area (Å²) >= 11 is 6.02. The first-order valence-corrected chi connectivity index (χ1v) is 7.61. The van der Waals surface area contributed by atoms with Crippen molar-refractivity contribution in [1.82, 2.24) is 4.90 Å². The molecule has 0 heterocycles. The highest BCUT2D eigenvalue weighted by Crippen LogP contribution is 2.31. The van der Waals surface area contributed by atoms with Gasteiger partial charge in [0.15, 0.2) is 0 Å². The van der Waals surface area contributed by atoms with E-state index in [0.29, 0.717) is 16.3 Å². The molecule has 2 aromatic carbocycles. The first-order chi connectivity index (χ1) is 11.0. The molecule has 0 fully saturated rings. The number of hydrogen-bond donors (Lipinski definition) is 0. The van der Waals surface area contributed by atoms with E-state index >= 15 is 0 Å². The summed E-state index contributed by atoms with van der Waals surface area (Å²) in [7, 11) is 4.90. The number of methoxy groups -OCH3 is 2. The van der Waals surface area contributed by atoms with E-state index in [0.717, 1.165) is 11.3 Å². The van der Waals surface area contributed by atoms with Crippen LogP contribution >= 0.6 is 11.6 Å². The van der Waals surface area contributed by atoms with Gasteiger partial charge in [-0.25, -0.2) is 0 Å². The second-order valence-corrected chi connectivity index (χ2v) is 5.62. The molecule has 2 rings (SSSR count). The van der Waals surface area contributed by atoms with Crippen LogP contribution in [0.5, 0.6) is 11.5 Å². The van der Waals surface area contributed by atoms with Crippen LogP contribution in [0.15, 0.2) is 42.5 Å². The van der Waals surface area contributed by atoms with Crippen molar-refractivity contribution in [2.45, 2.75) is 13.0 Å². The fourth-order valence-corrected chi connectivity index (χ4v) is 2.61. The van der Waals surface area contributed by atoms with Gasteiger partial charge in [0.05, 0.1) is 25.8 Å². The maximum absolute atomic E-state index is 12.8. The standard InChI is InChI=1S/C18H20ClNO3/c1-12(14-7-5-6-8-16(14)22-3)20(2)18(21)15-11-13(19)9-10-17(15)23-4/h5-12H,1-4H3. The predicted octanol–water partition coefficient (Wildman–Crippen LogP) is 4.19. The summed E-state index contributed by atoms with van der Waals surface area (Å²) in [5, 5.41) is 0.493. The Morgan fingerprint density at radius 3 is 2.39 bits per heavy atom. The molecule has 1 atom stereocenters. The number of hydrogen-bond acceptors (Lipinski definition) is 3. The largest absolute Gasteiger partial charge is 0.496 e. The van der Waals surface area contributed by atoms with Crippen LogP contribution in [0.2, 0.25) is 5.02 Å². The number of rotatable bonds is 5. The third-order valence-corrected chi connectivity index (χ3v) is 4.12. The molecule has 1 amide bonds. The van der Waals surface area contributed by atoms with Crippen molar-refractivity contribution >= 4 is 17.5 Å². The Bertz CT molecular complexity index is 702. The highest BCUT2D eigenvalue weighted by molar-refractivity contribution is 6.31. The van der Waals surface area contributed by atoms with Crippen LogP contribution in [0.3, 0.4) is 0 Å². The summed E-state index contributed by atoms with van der Waals surface area (Å²) in [6.07, 6.45) is 0. The highest BCUT2D eigenvalue weighted by atomic mass is 35.5. The highest BCUT2D eigenvalue weighted by Gasteiger charge is 2.23. The second kappa shape index (κ2) is 7.38. The number of amides is 1. The summed E-state index contributed by atoms with van der Waals surface area (Å²) in [6, 6.07) is 12.5. The number of nitrogens with zero attached hydrogens (tertiary/aromatic N) is 1. The lowest BCUT2D eigenvalue weighted by Gasteiger charge is -2.27. The lowest BCUT2D eigenvalue weighted by atomic mass is 10.0. The Balaban J connectivity index is 2.34.